The lowest BCUT2D eigenvalue weighted by atomic mass is 9.86. The Bertz CT molecular complexity index is 564. The molecule has 1 aromatic heterocycles. The quantitative estimate of drug-likeness (QED) is 0.703. The van der Waals surface area contributed by atoms with E-state index in [-0.39, 0.29) is 11.8 Å². The van der Waals surface area contributed by atoms with Gasteiger partial charge in [-0.25, -0.2) is 4.79 Å². The van der Waals surface area contributed by atoms with Crippen molar-refractivity contribution in [1.29, 1.82) is 0 Å². The van der Waals surface area contributed by atoms with Crippen molar-refractivity contribution in [2.24, 2.45) is 11.8 Å². The Kier molecular flexibility index (Phi) is 7.28. The van der Waals surface area contributed by atoms with E-state index in [1.165, 1.54) is 39.2 Å². The van der Waals surface area contributed by atoms with E-state index in [0.717, 1.165) is 12.1 Å². The van der Waals surface area contributed by atoms with E-state index in [9.17, 15) is 9.59 Å². The standard InChI is InChI=1S/C18H30N4O3/c1-12(2)9-15(19-18(24)25-3)17(23)20-16-11-14(21-22-16)10-13-7-5-4-6-8-13/h11-13,15H,4-10H2,1-3H3,(H,19,24)(H2,20,21,22,23). The smallest absolute Gasteiger partial charge is 0.407 e. The van der Waals surface area contributed by atoms with Gasteiger partial charge in [-0.15, -0.1) is 0 Å². The normalized spacial score (nSPS) is 16.5. The number of hydrogen-bond acceptors (Lipinski definition) is 4. The van der Waals surface area contributed by atoms with Crippen LogP contribution in [0.1, 0.15) is 58.1 Å². The number of aromatic nitrogens is 2. The molecule has 1 aliphatic carbocycles. The van der Waals surface area contributed by atoms with E-state index >= 15 is 0 Å². The summed E-state index contributed by atoms with van der Waals surface area (Å²) in [6.07, 6.45) is 7.36. The lowest BCUT2D eigenvalue weighted by Crippen LogP contribution is -2.44. The molecule has 7 heteroatoms. The number of alkyl carbamates (subject to hydrolysis) is 1. The summed E-state index contributed by atoms with van der Waals surface area (Å²) in [7, 11) is 1.28. The van der Waals surface area contributed by atoms with E-state index in [1.54, 1.807) is 0 Å². The Hall–Kier alpha value is -2.05. The van der Waals surface area contributed by atoms with E-state index in [1.807, 2.05) is 19.9 Å². The summed E-state index contributed by atoms with van der Waals surface area (Å²) in [5, 5.41) is 12.6. The molecule has 1 aromatic rings. The summed E-state index contributed by atoms with van der Waals surface area (Å²) in [6, 6.07) is 1.24. The molecule has 1 fully saturated rings. The van der Waals surface area contributed by atoms with Crippen molar-refractivity contribution in [3.63, 3.8) is 0 Å². The zero-order valence-electron chi connectivity index (χ0n) is 15.4. The first kappa shape index (κ1) is 19.3. The van der Waals surface area contributed by atoms with Gasteiger partial charge >= 0.3 is 6.09 Å². The summed E-state index contributed by atoms with van der Waals surface area (Å²) >= 11 is 0. The zero-order valence-corrected chi connectivity index (χ0v) is 15.4. The second-order valence-corrected chi connectivity index (χ2v) is 7.29. The van der Waals surface area contributed by atoms with Gasteiger partial charge < -0.3 is 15.4 Å². The van der Waals surface area contributed by atoms with E-state index < -0.39 is 12.1 Å². The van der Waals surface area contributed by atoms with Crippen LogP contribution < -0.4 is 10.6 Å². The van der Waals surface area contributed by atoms with Gasteiger partial charge in [-0.3, -0.25) is 9.89 Å². The summed E-state index contributed by atoms with van der Waals surface area (Å²) in [5.41, 5.74) is 1.04. The second-order valence-electron chi connectivity index (χ2n) is 7.29. The topological polar surface area (TPSA) is 96.1 Å². The number of H-pyrrole nitrogens is 1. The molecule has 0 spiro atoms. The van der Waals surface area contributed by atoms with Crippen LogP contribution in [0.3, 0.4) is 0 Å². The average molecular weight is 350 g/mol. The van der Waals surface area contributed by atoms with E-state index in [2.05, 4.69) is 25.6 Å². The van der Waals surface area contributed by atoms with Crippen LogP contribution in [0.2, 0.25) is 0 Å². The number of methoxy groups -OCH3 is 1. The van der Waals surface area contributed by atoms with Gasteiger partial charge in [0.1, 0.15) is 6.04 Å². The number of aromatic amines is 1. The predicted octanol–water partition coefficient (Wildman–Crippen LogP) is 3.24. The molecule has 0 radical (unpaired) electrons. The fraction of sp³-hybridized carbons (Fsp3) is 0.722. The molecule has 25 heavy (non-hydrogen) atoms. The van der Waals surface area contributed by atoms with Gasteiger partial charge in [0, 0.05) is 11.8 Å². The molecule has 0 bridgehead atoms. The monoisotopic (exact) mass is 350 g/mol. The van der Waals surface area contributed by atoms with Crippen molar-refractivity contribution in [2.75, 3.05) is 12.4 Å². The van der Waals surface area contributed by atoms with Gasteiger partial charge in [-0.2, -0.15) is 5.10 Å². The van der Waals surface area contributed by atoms with Gasteiger partial charge in [0.15, 0.2) is 5.82 Å². The fourth-order valence-corrected chi connectivity index (χ4v) is 3.35. The van der Waals surface area contributed by atoms with Gasteiger partial charge in [0.25, 0.3) is 0 Å². The fourth-order valence-electron chi connectivity index (χ4n) is 3.35. The van der Waals surface area contributed by atoms with Crippen LogP contribution in [-0.4, -0.2) is 35.3 Å². The molecular formula is C18H30N4O3. The summed E-state index contributed by atoms with van der Waals surface area (Å²) in [6.45, 7) is 3.99. The van der Waals surface area contributed by atoms with Gasteiger partial charge in [-0.05, 0) is 24.7 Å². The lowest BCUT2D eigenvalue weighted by molar-refractivity contribution is -0.118. The molecular weight excluding hydrogens is 320 g/mol. The van der Waals surface area contributed by atoms with Crippen molar-refractivity contribution in [3.8, 4) is 0 Å². The van der Waals surface area contributed by atoms with Crippen molar-refractivity contribution in [2.45, 2.75) is 64.8 Å². The first-order valence-corrected chi connectivity index (χ1v) is 9.17. The lowest BCUT2D eigenvalue weighted by Gasteiger charge is -2.20. The maximum Gasteiger partial charge on any atom is 0.407 e. The molecule has 140 valence electrons. The maximum absolute atomic E-state index is 12.5. The minimum atomic E-state index is -0.647. The molecule has 1 unspecified atom stereocenters. The maximum atomic E-state index is 12.5. The SMILES string of the molecule is COC(=O)NC(CC(C)C)C(=O)Nc1cc(CC2CCCCC2)[nH]n1. The number of anilines is 1. The summed E-state index contributed by atoms with van der Waals surface area (Å²) < 4.78 is 4.60. The van der Waals surface area contributed by atoms with Crippen LogP contribution in [0.5, 0.6) is 0 Å². The van der Waals surface area contributed by atoms with E-state index in [0.29, 0.717) is 18.2 Å². The number of carbonyl (C=O) groups excluding carboxylic acids is 2. The number of carbonyl (C=O) groups is 2. The molecule has 0 saturated heterocycles. The molecule has 0 aliphatic heterocycles. The van der Waals surface area contributed by atoms with Gasteiger partial charge in [0.05, 0.1) is 7.11 Å². The van der Waals surface area contributed by atoms with Crippen molar-refractivity contribution >= 4 is 17.8 Å². The molecule has 0 aromatic carbocycles. The third-order valence-corrected chi connectivity index (χ3v) is 4.62. The molecule has 1 heterocycles. The van der Waals surface area contributed by atoms with Gasteiger partial charge in [-0.1, -0.05) is 46.0 Å². The third-order valence-electron chi connectivity index (χ3n) is 4.62. The third kappa shape index (κ3) is 6.40. The second kappa shape index (κ2) is 9.44. The first-order valence-electron chi connectivity index (χ1n) is 9.17. The largest absolute Gasteiger partial charge is 0.453 e. The summed E-state index contributed by atoms with van der Waals surface area (Å²) in [4.78, 5) is 23.9. The molecule has 2 rings (SSSR count). The molecule has 1 saturated carbocycles. The van der Waals surface area contributed by atoms with Crippen molar-refractivity contribution in [3.05, 3.63) is 11.8 Å². The highest BCUT2D eigenvalue weighted by Gasteiger charge is 2.23. The van der Waals surface area contributed by atoms with Crippen LogP contribution >= 0.6 is 0 Å². The van der Waals surface area contributed by atoms with Crippen molar-refractivity contribution in [1.82, 2.24) is 15.5 Å². The average Bonchev–Trinajstić information content (AvgIpc) is 3.01. The molecule has 2 amide bonds. The summed E-state index contributed by atoms with van der Waals surface area (Å²) in [5.74, 6) is 1.17. The Labute approximate surface area is 149 Å². The molecule has 1 atom stereocenters. The Morgan fingerprint density at radius 2 is 2.04 bits per heavy atom. The Morgan fingerprint density at radius 3 is 2.68 bits per heavy atom. The number of ether oxygens (including phenoxy) is 1. The number of nitrogens with one attached hydrogen (secondary N) is 3. The van der Waals surface area contributed by atoms with Crippen LogP contribution in [0.15, 0.2) is 6.07 Å². The molecule has 7 nitrogen and oxygen atoms in total. The number of amides is 2. The Morgan fingerprint density at radius 1 is 1.32 bits per heavy atom. The van der Waals surface area contributed by atoms with Crippen LogP contribution in [0, 0.1) is 11.8 Å². The Balaban J connectivity index is 1.91. The van der Waals surface area contributed by atoms with E-state index in [4.69, 9.17) is 0 Å². The number of hydrogen-bond donors (Lipinski definition) is 3. The highest BCUT2D eigenvalue weighted by Crippen LogP contribution is 2.26. The van der Waals surface area contributed by atoms with Crippen LogP contribution in [0.4, 0.5) is 10.6 Å². The minimum absolute atomic E-state index is 0.258. The van der Waals surface area contributed by atoms with Crippen molar-refractivity contribution < 1.29 is 14.3 Å². The van der Waals surface area contributed by atoms with Gasteiger partial charge in [0.2, 0.25) is 5.91 Å². The molecule has 1 aliphatic rings. The number of rotatable bonds is 7. The van der Waals surface area contributed by atoms with Crippen LogP contribution in [0.25, 0.3) is 0 Å². The predicted molar refractivity (Wildman–Crippen MR) is 96.3 cm³/mol. The zero-order chi connectivity index (χ0) is 18.2. The minimum Gasteiger partial charge on any atom is -0.453 e. The highest BCUT2D eigenvalue weighted by molar-refractivity contribution is 5.95. The highest BCUT2D eigenvalue weighted by atomic mass is 16.5. The number of nitrogens with zero attached hydrogens (tertiary/aromatic N) is 1. The first-order chi connectivity index (χ1) is 12.0. The van der Waals surface area contributed by atoms with Crippen LogP contribution in [-0.2, 0) is 16.0 Å². The molecule has 3 N–H and O–H groups in total.